The average Bonchev–Trinajstić information content (AvgIpc) is 3.24. The van der Waals surface area contributed by atoms with Gasteiger partial charge in [-0.05, 0) is 31.0 Å². The molecule has 2 heterocycles. The summed E-state index contributed by atoms with van der Waals surface area (Å²) >= 11 is 1.40. The Labute approximate surface area is 144 Å². The van der Waals surface area contributed by atoms with Gasteiger partial charge in [-0.25, -0.2) is 4.98 Å². The zero-order valence-corrected chi connectivity index (χ0v) is 14.0. The molecule has 1 amide bonds. The topological polar surface area (TPSA) is 86.5 Å². The van der Waals surface area contributed by atoms with Crippen LogP contribution < -0.4 is 20.5 Å². The molecule has 2 aromatic rings. The standard InChI is InChI=1S/C17H19N3O3S/c18-17(5-1-2-6-17)15(21)20-16-19-12(10-24-16)11-3-4-13-14(9-11)23-8-7-22-13/h3-4,9-10H,1-2,5-8,18H2,(H,19,20,21). The minimum absolute atomic E-state index is 0.136. The fourth-order valence-corrected chi connectivity index (χ4v) is 3.84. The van der Waals surface area contributed by atoms with Crippen LogP contribution in [0, 0.1) is 0 Å². The predicted molar refractivity (Wildman–Crippen MR) is 92.6 cm³/mol. The summed E-state index contributed by atoms with van der Waals surface area (Å²) in [6.45, 7) is 1.12. The van der Waals surface area contributed by atoms with E-state index >= 15 is 0 Å². The molecule has 1 saturated carbocycles. The molecule has 0 spiro atoms. The van der Waals surface area contributed by atoms with Crippen LogP contribution in [0.25, 0.3) is 11.3 Å². The summed E-state index contributed by atoms with van der Waals surface area (Å²) in [7, 11) is 0. The fraction of sp³-hybridized carbons (Fsp3) is 0.412. The number of amides is 1. The summed E-state index contributed by atoms with van der Waals surface area (Å²) in [4.78, 5) is 16.9. The predicted octanol–water partition coefficient (Wildman–Crippen LogP) is 2.79. The van der Waals surface area contributed by atoms with Crippen molar-refractivity contribution in [2.24, 2.45) is 5.73 Å². The van der Waals surface area contributed by atoms with Gasteiger partial charge in [0.1, 0.15) is 13.2 Å². The quantitative estimate of drug-likeness (QED) is 0.893. The molecule has 0 bridgehead atoms. The Kier molecular flexibility index (Phi) is 3.90. The molecule has 0 radical (unpaired) electrons. The average molecular weight is 345 g/mol. The number of anilines is 1. The molecule has 4 rings (SSSR count). The van der Waals surface area contributed by atoms with Crippen molar-refractivity contribution in [3.63, 3.8) is 0 Å². The summed E-state index contributed by atoms with van der Waals surface area (Å²) in [6, 6.07) is 5.74. The number of nitrogens with one attached hydrogen (secondary N) is 1. The number of aromatic nitrogens is 1. The van der Waals surface area contributed by atoms with Gasteiger partial charge in [-0.3, -0.25) is 4.79 Å². The number of fused-ring (bicyclic) bond motifs is 1. The number of hydrogen-bond acceptors (Lipinski definition) is 6. The van der Waals surface area contributed by atoms with Gasteiger partial charge in [0.25, 0.3) is 0 Å². The number of ether oxygens (including phenoxy) is 2. The van der Waals surface area contributed by atoms with Crippen LogP contribution in [0.1, 0.15) is 25.7 Å². The lowest BCUT2D eigenvalue weighted by Gasteiger charge is -2.21. The van der Waals surface area contributed by atoms with E-state index in [0.29, 0.717) is 18.3 Å². The highest BCUT2D eigenvalue weighted by Gasteiger charge is 2.37. The molecular weight excluding hydrogens is 326 g/mol. The number of benzene rings is 1. The Morgan fingerprint density at radius 2 is 1.96 bits per heavy atom. The van der Waals surface area contributed by atoms with Crippen LogP contribution >= 0.6 is 11.3 Å². The highest BCUT2D eigenvalue weighted by Crippen LogP contribution is 2.35. The molecule has 0 saturated heterocycles. The van der Waals surface area contributed by atoms with Crippen LogP contribution in [0.4, 0.5) is 5.13 Å². The summed E-state index contributed by atoms with van der Waals surface area (Å²) in [6.07, 6.45) is 3.48. The van der Waals surface area contributed by atoms with E-state index in [1.165, 1.54) is 11.3 Å². The van der Waals surface area contributed by atoms with Crippen molar-refractivity contribution in [3.8, 4) is 22.8 Å². The van der Waals surface area contributed by atoms with Gasteiger partial charge in [0.15, 0.2) is 16.6 Å². The second-order valence-electron chi connectivity index (χ2n) is 6.21. The first-order valence-electron chi connectivity index (χ1n) is 8.10. The third-order valence-electron chi connectivity index (χ3n) is 4.51. The number of carbonyl (C=O) groups is 1. The van der Waals surface area contributed by atoms with Gasteiger partial charge in [0.05, 0.1) is 11.2 Å². The maximum Gasteiger partial charge on any atom is 0.246 e. The van der Waals surface area contributed by atoms with Crippen molar-refractivity contribution in [2.45, 2.75) is 31.2 Å². The number of nitrogens with two attached hydrogens (primary N) is 1. The van der Waals surface area contributed by atoms with Crippen LogP contribution in [0.5, 0.6) is 11.5 Å². The van der Waals surface area contributed by atoms with E-state index in [1.54, 1.807) is 0 Å². The second kappa shape index (κ2) is 6.07. The molecule has 0 atom stereocenters. The van der Waals surface area contributed by atoms with Crippen LogP contribution in [-0.4, -0.2) is 29.6 Å². The highest BCUT2D eigenvalue weighted by molar-refractivity contribution is 7.14. The molecule has 1 fully saturated rings. The zero-order chi connectivity index (χ0) is 16.6. The molecule has 2 aliphatic rings. The van der Waals surface area contributed by atoms with E-state index in [9.17, 15) is 4.79 Å². The summed E-state index contributed by atoms with van der Waals surface area (Å²) in [5, 5.41) is 5.35. The third-order valence-corrected chi connectivity index (χ3v) is 5.27. The Morgan fingerprint density at radius 1 is 1.21 bits per heavy atom. The van der Waals surface area contributed by atoms with Crippen molar-refractivity contribution >= 4 is 22.4 Å². The molecule has 6 nitrogen and oxygen atoms in total. The van der Waals surface area contributed by atoms with Gasteiger partial charge >= 0.3 is 0 Å². The Bertz CT molecular complexity index is 768. The van der Waals surface area contributed by atoms with E-state index in [2.05, 4.69) is 10.3 Å². The van der Waals surface area contributed by atoms with Crippen molar-refractivity contribution in [1.29, 1.82) is 0 Å². The zero-order valence-electron chi connectivity index (χ0n) is 13.2. The Balaban J connectivity index is 1.51. The maximum atomic E-state index is 12.4. The fourth-order valence-electron chi connectivity index (χ4n) is 3.12. The minimum atomic E-state index is -0.747. The van der Waals surface area contributed by atoms with Crippen molar-refractivity contribution in [3.05, 3.63) is 23.6 Å². The number of thiazole rings is 1. The first kappa shape index (κ1) is 15.4. The summed E-state index contributed by atoms with van der Waals surface area (Å²) in [5.74, 6) is 1.34. The van der Waals surface area contributed by atoms with E-state index < -0.39 is 5.54 Å². The molecule has 1 aliphatic heterocycles. The van der Waals surface area contributed by atoms with Crippen molar-refractivity contribution in [1.82, 2.24) is 4.98 Å². The first-order chi connectivity index (χ1) is 11.6. The molecule has 1 aromatic carbocycles. The van der Waals surface area contributed by atoms with Gasteiger partial charge in [-0.1, -0.05) is 12.8 Å². The lowest BCUT2D eigenvalue weighted by Crippen LogP contribution is -2.48. The van der Waals surface area contributed by atoms with Crippen LogP contribution in [0.2, 0.25) is 0 Å². The van der Waals surface area contributed by atoms with Gasteiger partial charge in [0, 0.05) is 10.9 Å². The summed E-state index contributed by atoms with van der Waals surface area (Å²) in [5.41, 5.74) is 7.16. The largest absolute Gasteiger partial charge is 0.486 e. The highest BCUT2D eigenvalue weighted by atomic mass is 32.1. The normalized spacial score (nSPS) is 18.4. The number of carbonyl (C=O) groups excluding carboxylic acids is 1. The smallest absolute Gasteiger partial charge is 0.246 e. The molecule has 7 heteroatoms. The molecule has 126 valence electrons. The van der Waals surface area contributed by atoms with Crippen molar-refractivity contribution in [2.75, 3.05) is 18.5 Å². The van der Waals surface area contributed by atoms with E-state index in [4.69, 9.17) is 15.2 Å². The molecular formula is C17H19N3O3S. The lowest BCUT2D eigenvalue weighted by atomic mass is 9.98. The minimum Gasteiger partial charge on any atom is -0.486 e. The molecule has 24 heavy (non-hydrogen) atoms. The van der Waals surface area contributed by atoms with Gasteiger partial charge in [-0.2, -0.15) is 0 Å². The van der Waals surface area contributed by atoms with Crippen LogP contribution in [-0.2, 0) is 4.79 Å². The SMILES string of the molecule is NC1(C(=O)Nc2nc(-c3ccc4c(c3)OCCO4)cs2)CCCC1. The van der Waals surface area contributed by atoms with E-state index in [0.717, 1.165) is 48.4 Å². The monoisotopic (exact) mass is 345 g/mol. The second-order valence-corrected chi connectivity index (χ2v) is 7.07. The maximum absolute atomic E-state index is 12.4. The molecule has 1 aromatic heterocycles. The van der Waals surface area contributed by atoms with Crippen LogP contribution in [0.15, 0.2) is 23.6 Å². The van der Waals surface area contributed by atoms with Gasteiger partial charge in [0.2, 0.25) is 5.91 Å². The Morgan fingerprint density at radius 3 is 2.75 bits per heavy atom. The molecule has 0 unspecified atom stereocenters. The van der Waals surface area contributed by atoms with Crippen LogP contribution in [0.3, 0.4) is 0 Å². The number of hydrogen-bond donors (Lipinski definition) is 2. The number of nitrogens with zero attached hydrogens (tertiary/aromatic N) is 1. The van der Waals surface area contributed by atoms with E-state index in [1.807, 2.05) is 23.6 Å². The number of rotatable bonds is 3. The first-order valence-corrected chi connectivity index (χ1v) is 8.98. The third kappa shape index (κ3) is 2.85. The Hall–Kier alpha value is -2.12. The molecule has 1 aliphatic carbocycles. The van der Waals surface area contributed by atoms with Gasteiger partial charge < -0.3 is 20.5 Å². The summed E-state index contributed by atoms with van der Waals surface area (Å²) < 4.78 is 11.1. The van der Waals surface area contributed by atoms with Crippen molar-refractivity contribution < 1.29 is 14.3 Å². The van der Waals surface area contributed by atoms with Gasteiger partial charge in [-0.15, -0.1) is 11.3 Å². The van der Waals surface area contributed by atoms with E-state index in [-0.39, 0.29) is 5.91 Å². The lowest BCUT2D eigenvalue weighted by molar-refractivity contribution is -0.121. The molecule has 3 N–H and O–H groups in total.